The molecule has 2 aliphatic rings. The van der Waals surface area contributed by atoms with Crippen molar-refractivity contribution < 1.29 is 19.3 Å². The van der Waals surface area contributed by atoms with Crippen molar-refractivity contribution in [2.75, 3.05) is 11.9 Å². The molecule has 3 N–H and O–H groups in total. The molecule has 28 heavy (non-hydrogen) atoms. The zero-order valence-electron chi connectivity index (χ0n) is 15.7. The topological polar surface area (TPSA) is 115 Å². The number of ether oxygens (including phenoxy) is 2. The van der Waals surface area contributed by atoms with Crippen LogP contribution in [-0.4, -0.2) is 54.1 Å². The summed E-state index contributed by atoms with van der Waals surface area (Å²) in [6.45, 7) is 1.94. The van der Waals surface area contributed by atoms with Crippen LogP contribution in [0.1, 0.15) is 51.7 Å². The minimum absolute atomic E-state index is 0.130. The molecule has 1 saturated carbocycles. The molecule has 2 aromatic heterocycles. The zero-order chi connectivity index (χ0) is 19.7. The molecule has 0 amide bonds. The number of fused-ring (bicyclic) bond motifs is 1. The summed E-state index contributed by atoms with van der Waals surface area (Å²) in [5.74, 6) is 0.123. The monoisotopic (exact) mass is 429 g/mol. The molecule has 2 aromatic rings. The van der Waals surface area contributed by atoms with Gasteiger partial charge in [0.2, 0.25) is 5.28 Å². The predicted octanol–water partition coefficient (Wildman–Crippen LogP) is 3.17. The van der Waals surface area contributed by atoms with Crippen LogP contribution in [0.15, 0.2) is 6.20 Å². The molecule has 1 aliphatic carbocycles. The minimum atomic E-state index is -2.10. The average Bonchev–Trinajstić information content (AvgIpc) is 3.39. The molecule has 2 fully saturated rings. The summed E-state index contributed by atoms with van der Waals surface area (Å²) in [7, 11) is -2.10. The van der Waals surface area contributed by atoms with Gasteiger partial charge in [0, 0.05) is 6.04 Å². The predicted molar refractivity (Wildman–Crippen MR) is 106 cm³/mol. The minimum Gasteiger partial charge on any atom is -0.367 e. The van der Waals surface area contributed by atoms with Crippen molar-refractivity contribution in [1.82, 2.24) is 19.7 Å². The first-order valence-corrected chi connectivity index (χ1v) is 11.3. The Labute approximate surface area is 169 Å². The van der Waals surface area contributed by atoms with Crippen LogP contribution < -0.4 is 5.32 Å². The van der Waals surface area contributed by atoms with Crippen molar-refractivity contribution in [3.63, 3.8) is 0 Å². The Balaban J connectivity index is 1.48. The van der Waals surface area contributed by atoms with E-state index in [1.807, 2.05) is 0 Å². The molecule has 3 unspecified atom stereocenters. The Morgan fingerprint density at radius 2 is 2.11 bits per heavy atom. The van der Waals surface area contributed by atoms with E-state index in [0.717, 1.165) is 36.9 Å². The Hall–Kier alpha value is -1.09. The molecule has 0 spiro atoms. The third-order valence-electron chi connectivity index (χ3n) is 5.33. The first-order valence-electron chi connectivity index (χ1n) is 9.62. The van der Waals surface area contributed by atoms with Gasteiger partial charge >= 0.3 is 0 Å². The normalized spacial score (nSPS) is 24.5. The van der Waals surface area contributed by atoms with Gasteiger partial charge in [-0.2, -0.15) is 15.1 Å². The van der Waals surface area contributed by atoms with Crippen LogP contribution in [0.2, 0.25) is 5.28 Å². The number of hydrogen-bond acceptors (Lipinski definition) is 8. The average molecular weight is 430 g/mol. The summed E-state index contributed by atoms with van der Waals surface area (Å²) < 4.78 is 13.3. The quantitative estimate of drug-likeness (QED) is 0.454. The highest BCUT2D eigenvalue weighted by molar-refractivity contribution is 7.45. The first-order chi connectivity index (χ1) is 13.5. The van der Waals surface area contributed by atoms with Gasteiger partial charge < -0.3 is 24.6 Å². The lowest BCUT2D eigenvalue weighted by Gasteiger charge is -2.18. The van der Waals surface area contributed by atoms with Gasteiger partial charge in [0.05, 0.1) is 24.3 Å². The summed E-state index contributed by atoms with van der Waals surface area (Å²) in [6.07, 6.45) is 7.63. The number of aromatic nitrogens is 4. The van der Waals surface area contributed by atoms with Gasteiger partial charge in [0.15, 0.2) is 20.3 Å². The molecule has 0 aromatic carbocycles. The molecular weight excluding hydrogens is 405 g/mol. The third kappa shape index (κ3) is 4.40. The maximum Gasteiger partial charge on any atom is 0.226 e. The Kier molecular flexibility index (Phi) is 6.30. The standard InChI is InChI=1S/C17H25ClN5O4P/c1-10(28(24)25)26-9-12-6-7-14(27-12)23-16-13(8-19-23)15(21-17(18)22-16)20-11-4-2-3-5-11/h8,10-12,14,24-25H,2-7,9H2,1H3,(H,20,21,22). The van der Waals surface area contributed by atoms with Crippen LogP contribution >= 0.6 is 20.0 Å². The van der Waals surface area contributed by atoms with Crippen molar-refractivity contribution in [2.24, 2.45) is 0 Å². The number of halogens is 1. The summed E-state index contributed by atoms with van der Waals surface area (Å²) in [5.41, 5.74) is 0.648. The summed E-state index contributed by atoms with van der Waals surface area (Å²) >= 11 is 6.18. The van der Waals surface area contributed by atoms with E-state index in [-0.39, 0.29) is 17.6 Å². The van der Waals surface area contributed by atoms with E-state index < -0.39 is 14.2 Å². The fourth-order valence-corrected chi connectivity index (χ4v) is 4.17. The molecular formula is C17H25ClN5O4P. The van der Waals surface area contributed by atoms with E-state index in [0.29, 0.717) is 18.3 Å². The Morgan fingerprint density at radius 1 is 1.32 bits per heavy atom. The highest BCUT2D eigenvalue weighted by Crippen LogP contribution is 2.35. The van der Waals surface area contributed by atoms with Gasteiger partial charge in [0.25, 0.3) is 0 Å². The van der Waals surface area contributed by atoms with Crippen molar-refractivity contribution in [3.8, 4) is 0 Å². The van der Waals surface area contributed by atoms with Gasteiger partial charge in [-0.05, 0) is 44.2 Å². The second-order valence-corrected chi connectivity index (χ2v) is 9.04. The van der Waals surface area contributed by atoms with Crippen molar-refractivity contribution >= 4 is 36.8 Å². The van der Waals surface area contributed by atoms with Crippen LogP contribution in [0.3, 0.4) is 0 Å². The number of rotatable bonds is 7. The number of nitrogens with zero attached hydrogens (tertiary/aromatic N) is 4. The number of anilines is 1. The fourth-order valence-electron chi connectivity index (χ4n) is 3.79. The van der Waals surface area contributed by atoms with Gasteiger partial charge in [-0.1, -0.05) is 12.8 Å². The molecule has 1 saturated heterocycles. The molecule has 3 atom stereocenters. The zero-order valence-corrected chi connectivity index (χ0v) is 17.3. The Morgan fingerprint density at radius 3 is 2.86 bits per heavy atom. The van der Waals surface area contributed by atoms with E-state index in [1.54, 1.807) is 17.8 Å². The van der Waals surface area contributed by atoms with Gasteiger partial charge in [-0.15, -0.1) is 0 Å². The van der Waals surface area contributed by atoms with E-state index in [2.05, 4.69) is 20.4 Å². The number of nitrogens with one attached hydrogen (secondary N) is 1. The lowest BCUT2D eigenvalue weighted by atomic mass is 10.2. The van der Waals surface area contributed by atoms with Crippen LogP contribution in [0.25, 0.3) is 11.0 Å². The fraction of sp³-hybridized carbons (Fsp3) is 0.706. The lowest BCUT2D eigenvalue weighted by Crippen LogP contribution is -2.20. The van der Waals surface area contributed by atoms with E-state index >= 15 is 0 Å². The van der Waals surface area contributed by atoms with E-state index in [9.17, 15) is 9.79 Å². The molecule has 3 heterocycles. The third-order valence-corrected chi connectivity index (χ3v) is 6.30. The molecule has 0 bridgehead atoms. The number of hydrogen-bond donors (Lipinski definition) is 3. The van der Waals surface area contributed by atoms with Crippen LogP contribution in [-0.2, 0) is 9.47 Å². The van der Waals surface area contributed by atoms with E-state index in [1.165, 1.54) is 12.8 Å². The van der Waals surface area contributed by atoms with E-state index in [4.69, 9.17) is 21.1 Å². The SMILES string of the molecule is CC(OCC1CCC(n2ncc3c(NC4CCCC4)nc(Cl)nc32)O1)P(O)O. The van der Waals surface area contributed by atoms with Gasteiger partial charge in [-0.25, -0.2) is 4.68 Å². The largest absolute Gasteiger partial charge is 0.367 e. The highest BCUT2D eigenvalue weighted by atomic mass is 35.5. The Bertz CT molecular complexity index is 816. The molecule has 9 nitrogen and oxygen atoms in total. The smallest absolute Gasteiger partial charge is 0.226 e. The molecule has 11 heteroatoms. The van der Waals surface area contributed by atoms with Gasteiger partial charge in [0.1, 0.15) is 11.7 Å². The van der Waals surface area contributed by atoms with Crippen LogP contribution in [0, 0.1) is 0 Å². The summed E-state index contributed by atoms with van der Waals surface area (Å²) in [5, 5.41) is 8.98. The molecule has 0 radical (unpaired) electrons. The van der Waals surface area contributed by atoms with Crippen molar-refractivity contribution in [2.45, 2.75) is 69.7 Å². The maximum absolute atomic E-state index is 9.18. The second kappa shape index (κ2) is 8.73. The molecule has 1 aliphatic heterocycles. The first kappa shape index (κ1) is 20.2. The highest BCUT2D eigenvalue weighted by Gasteiger charge is 2.30. The maximum atomic E-state index is 9.18. The van der Waals surface area contributed by atoms with Crippen LogP contribution in [0.5, 0.6) is 0 Å². The van der Waals surface area contributed by atoms with Gasteiger partial charge in [-0.3, -0.25) is 0 Å². The molecule has 154 valence electrons. The summed E-state index contributed by atoms with van der Waals surface area (Å²) in [6, 6.07) is 0.410. The molecule has 4 rings (SSSR count). The van der Waals surface area contributed by atoms with Crippen LogP contribution in [0.4, 0.5) is 5.82 Å². The second-order valence-electron chi connectivity index (χ2n) is 7.34. The van der Waals surface area contributed by atoms with Crippen molar-refractivity contribution in [3.05, 3.63) is 11.5 Å². The summed E-state index contributed by atoms with van der Waals surface area (Å²) in [4.78, 5) is 27.1. The van der Waals surface area contributed by atoms with Crippen molar-refractivity contribution in [1.29, 1.82) is 0 Å². The lowest BCUT2D eigenvalue weighted by molar-refractivity contribution is -0.0489.